The maximum atomic E-state index is 11.6. The van der Waals surface area contributed by atoms with Crippen LogP contribution in [0.25, 0.3) is 0 Å². The van der Waals surface area contributed by atoms with Gasteiger partial charge in [-0.15, -0.1) is 0 Å². The van der Waals surface area contributed by atoms with Gasteiger partial charge in [-0.05, 0) is 25.5 Å². The minimum atomic E-state index is -2.98. The van der Waals surface area contributed by atoms with E-state index in [9.17, 15) is 13.2 Å². The summed E-state index contributed by atoms with van der Waals surface area (Å²) in [5.41, 5.74) is -0.604. The smallest absolute Gasteiger partial charge is 0.230 e. The van der Waals surface area contributed by atoms with Crippen molar-refractivity contribution in [2.45, 2.75) is 25.3 Å². The van der Waals surface area contributed by atoms with Crippen molar-refractivity contribution in [3.05, 3.63) is 0 Å². The van der Waals surface area contributed by atoms with E-state index in [-0.39, 0.29) is 24.0 Å². The number of aliphatic hydroxyl groups is 1. The Bertz CT molecular complexity index is 369. The Kier molecular flexibility index (Phi) is 5.27. The van der Waals surface area contributed by atoms with Crippen molar-refractivity contribution in [2.24, 2.45) is 0 Å². The molecule has 0 aliphatic carbocycles. The first-order valence-electron chi connectivity index (χ1n) is 5.57. The van der Waals surface area contributed by atoms with Crippen LogP contribution in [0, 0.1) is 0 Å². The summed E-state index contributed by atoms with van der Waals surface area (Å²) < 4.78 is 22.7. The van der Waals surface area contributed by atoms with Crippen LogP contribution in [0.4, 0.5) is 0 Å². The van der Waals surface area contributed by atoms with E-state index in [4.69, 9.17) is 5.11 Å². The number of carbonyl (C=O) groups is 1. The Hall–Kier alpha value is -0.270. The van der Waals surface area contributed by atoms with Crippen LogP contribution in [0.1, 0.15) is 19.8 Å². The van der Waals surface area contributed by atoms with Crippen LogP contribution in [0.3, 0.4) is 0 Å². The monoisotopic (exact) mass is 281 g/mol. The molecule has 0 aromatic heterocycles. The molecule has 17 heavy (non-hydrogen) atoms. The minimum absolute atomic E-state index is 0.0348. The van der Waals surface area contributed by atoms with Gasteiger partial charge in [0.15, 0.2) is 9.84 Å². The molecular formula is C10H19NO4S2. The number of thioether (sulfide) groups is 1. The Morgan fingerprint density at radius 1 is 1.53 bits per heavy atom. The lowest BCUT2D eigenvalue weighted by Crippen LogP contribution is -2.47. The molecule has 0 saturated carbocycles. The molecule has 0 radical (unpaired) electrons. The van der Waals surface area contributed by atoms with Gasteiger partial charge >= 0.3 is 0 Å². The highest BCUT2D eigenvalue weighted by atomic mass is 32.2. The zero-order chi connectivity index (χ0) is 12.9. The van der Waals surface area contributed by atoms with Gasteiger partial charge in [0.25, 0.3) is 0 Å². The van der Waals surface area contributed by atoms with Gasteiger partial charge in [0.1, 0.15) is 0 Å². The molecule has 0 aromatic carbocycles. The topological polar surface area (TPSA) is 83.5 Å². The molecule has 1 heterocycles. The average Bonchev–Trinajstić information content (AvgIpc) is 2.47. The Morgan fingerprint density at radius 2 is 2.24 bits per heavy atom. The maximum absolute atomic E-state index is 11.6. The van der Waals surface area contributed by atoms with Crippen molar-refractivity contribution in [2.75, 3.05) is 29.6 Å². The summed E-state index contributed by atoms with van der Waals surface area (Å²) >= 11 is 1.45. The highest BCUT2D eigenvalue weighted by Gasteiger charge is 2.39. The van der Waals surface area contributed by atoms with E-state index in [2.05, 4.69) is 5.32 Å². The van der Waals surface area contributed by atoms with Crippen LogP contribution in [0.15, 0.2) is 0 Å². The van der Waals surface area contributed by atoms with Crippen LogP contribution in [0.5, 0.6) is 0 Å². The standard InChI is InChI=1S/C10H19NO4S2/c1-10(3-6-17(14,15)8-10)11-9(13)7-16-5-2-4-12/h12H,2-8H2,1H3,(H,11,13). The fraction of sp³-hybridized carbons (Fsp3) is 0.900. The molecule has 1 amide bonds. The second kappa shape index (κ2) is 6.06. The highest BCUT2D eigenvalue weighted by molar-refractivity contribution is 7.99. The number of sulfone groups is 1. The molecule has 0 spiro atoms. The number of carbonyl (C=O) groups excluding carboxylic acids is 1. The van der Waals surface area contributed by atoms with Gasteiger partial charge in [-0.1, -0.05) is 0 Å². The third-order valence-corrected chi connectivity index (χ3v) is 5.57. The third-order valence-electron chi connectivity index (χ3n) is 2.62. The van der Waals surface area contributed by atoms with Gasteiger partial charge in [0, 0.05) is 6.61 Å². The van der Waals surface area contributed by atoms with Crippen molar-refractivity contribution in [1.82, 2.24) is 5.32 Å². The molecular weight excluding hydrogens is 262 g/mol. The first-order chi connectivity index (χ1) is 7.87. The van der Waals surface area contributed by atoms with Gasteiger partial charge in [-0.2, -0.15) is 11.8 Å². The van der Waals surface area contributed by atoms with E-state index in [0.29, 0.717) is 18.6 Å². The molecule has 7 heteroatoms. The van der Waals surface area contributed by atoms with Crippen molar-refractivity contribution in [3.8, 4) is 0 Å². The van der Waals surface area contributed by atoms with E-state index in [1.54, 1.807) is 6.92 Å². The van der Waals surface area contributed by atoms with Crippen molar-refractivity contribution >= 4 is 27.5 Å². The average molecular weight is 281 g/mol. The molecule has 2 N–H and O–H groups in total. The van der Waals surface area contributed by atoms with E-state index in [0.717, 1.165) is 5.75 Å². The van der Waals surface area contributed by atoms with E-state index < -0.39 is 15.4 Å². The van der Waals surface area contributed by atoms with Gasteiger partial charge in [0.05, 0.1) is 22.8 Å². The third kappa shape index (κ3) is 5.27. The normalized spacial score (nSPS) is 26.9. The molecule has 0 aromatic rings. The fourth-order valence-corrected chi connectivity index (χ4v) is 4.64. The SMILES string of the molecule is CC1(NC(=O)CSCCCO)CCS(=O)(=O)C1. The van der Waals surface area contributed by atoms with Crippen molar-refractivity contribution in [3.63, 3.8) is 0 Å². The number of amides is 1. The van der Waals surface area contributed by atoms with Gasteiger partial charge in [-0.3, -0.25) is 4.79 Å². The molecule has 1 atom stereocenters. The summed E-state index contributed by atoms with van der Waals surface area (Å²) in [4.78, 5) is 11.6. The summed E-state index contributed by atoms with van der Waals surface area (Å²) in [6.45, 7) is 1.90. The van der Waals surface area contributed by atoms with Crippen LogP contribution in [-0.2, 0) is 14.6 Å². The summed E-state index contributed by atoms with van der Waals surface area (Å²) in [7, 11) is -2.98. The van der Waals surface area contributed by atoms with Crippen molar-refractivity contribution < 1.29 is 18.3 Å². The summed E-state index contributed by atoms with van der Waals surface area (Å²) in [5, 5.41) is 11.4. The molecule has 100 valence electrons. The zero-order valence-corrected chi connectivity index (χ0v) is 11.6. The van der Waals surface area contributed by atoms with Gasteiger partial charge in [-0.25, -0.2) is 8.42 Å². The quantitative estimate of drug-likeness (QED) is 0.659. The molecule has 1 saturated heterocycles. The summed E-state index contributed by atoms with van der Waals surface area (Å²) in [6, 6.07) is 0. The van der Waals surface area contributed by atoms with Gasteiger partial charge in [0.2, 0.25) is 5.91 Å². The van der Waals surface area contributed by atoms with Crippen molar-refractivity contribution in [1.29, 1.82) is 0 Å². The Labute approximate surface area is 106 Å². The highest BCUT2D eigenvalue weighted by Crippen LogP contribution is 2.22. The Balaban J connectivity index is 2.31. The minimum Gasteiger partial charge on any atom is -0.396 e. The van der Waals surface area contributed by atoms with Gasteiger partial charge < -0.3 is 10.4 Å². The molecule has 1 unspecified atom stereocenters. The molecule has 0 bridgehead atoms. The molecule has 1 rings (SSSR count). The molecule has 1 aliphatic heterocycles. The van der Waals surface area contributed by atoms with E-state index in [1.807, 2.05) is 0 Å². The second-order valence-electron chi connectivity index (χ2n) is 4.58. The number of aliphatic hydroxyl groups excluding tert-OH is 1. The summed E-state index contributed by atoms with van der Waals surface area (Å²) in [5.74, 6) is 1.11. The second-order valence-corrected chi connectivity index (χ2v) is 7.87. The first kappa shape index (κ1) is 14.8. The number of hydrogen-bond donors (Lipinski definition) is 2. The summed E-state index contributed by atoms with van der Waals surface area (Å²) in [6.07, 6.45) is 1.16. The zero-order valence-electron chi connectivity index (χ0n) is 9.94. The lowest BCUT2D eigenvalue weighted by Gasteiger charge is -2.23. The van der Waals surface area contributed by atoms with Crippen LogP contribution in [0.2, 0.25) is 0 Å². The Morgan fingerprint density at radius 3 is 2.76 bits per heavy atom. The fourth-order valence-electron chi connectivity index (χ4n) is 1.81. The van der Waals surface area contributed by atoms with Crippen LogP contribution >= 0.6 is 11.8 Å². The maximum Gasteiger partial charge on any atom is 0.230 e. The lowest BCUT2D eigenvalue weighted by molar-refractivity contribution is -0.120. The van der Waals surface area contributed by atoms with E-state index in [1.165, 1.54) is 11.8 Å². The molecule has 1 aliphatic rings. The number of nitrogens with one attached hydrogen (secondary N) is 1. The number of rotatable bonds is 6. The first-order valence-corrected chi connectivity index (χ1v) is 8.55. The predicted molar refractivity (Wildman–Crippen MR) is 68.8 cm³/mol. The van der Waals surface area contributed by atoms with E-state index >= 15 is 0 Å². The number of hydrogen-bond acceptors (Lipinski definition) is 5. The predicted octanol–water partition coefficient (Wildman–Crippen LogP) is -0.205. The molecule has 5 nitrogen and oxygen atoms in total. The van der Waals surface area contributed by atoms with Crippen LogP contribution in [-0.4, -0.2) is 54.6 Å². The largest absolute Gasteiger partial charge is 0.396 e. The lowest BCUT2D eigenvalue weighted by atomic mass is 10.0. The van der Waals surface area contributed by atoms with Crippen LogP contribution < -0.4 is 5.32 Å². The molecule has 1 fully saturated rings.